The Morgan fingerprint density at radius 3 is 2.44 bits per heavy atom. The Morgan fingerprint density at radius 2 is 1.83 bits per heavy atom. The summed E-state index contributed by atoms with van der Waals surface area (Å²) in [6.07, 6.45) is 0. The molecule has 0 saturated heterocycles. The smallest absolute Gasteiger partial charge is 0.185 e. The third kappa shape index (κ3) is 3.20. The summed E-state index contributed by atoms with van der Waals surface area (Å²) in [7, 11) is 4.00. The molecule has 98 valence electrons. The van der Waals surface area contributed by atoms with Gasteiger partial charge in [-0.05, 0) is 5.92 Å². The van der Waals surface area contributed by atoms with Crippen LogP contribution in [-0.4, -0.2) is 30.6 Å². The molecule has 2 aromatic rings. The topological polar surface area (TPSA) is 41.1 Å². The third-order valence-corrected chi connectivity index (χ3v) is 4.11. The van der Waals surface area contributed by atoms with Crippen LogP contribution in [0.4, 0.5) is 10.3 Å². The van der Waals surface area contributed by atoms with Crippen molar-refractivity contribution in [1.82, 2.24) is 9.97 Å². The number of hydrogen-bond donors (Lipinski definition) is 1. The summed E-state index contributed by atoms with van der Waals surface area (Å²) >= 11 is 3.27. The second-order valence-electron chi connectivity index (χ2n) is 4.72. The quantitative estimate of drug-likeness (QED) is 0.912. The highest BCUT2D eigenvalue weighted by Gasteiger charge is 2.09. The lowest BCUT2D eigenvalue weighted by molar-refractivity contribution is 0.688. The van der Waals surface area contributed by atoms with Crippen molar-refractivity contribution >= 4 is 32.9 Å². The molecule has 0 aliphatic carbocycles. The molecule has 0 aliphatic heterocycles. The van der Waals surface area contributed by atoms with Crippen molar-refractivity contribution in [2.24, 2.45) is 5.92 Å². The summed E-state index contributed by atoms with van der Waals surface area (Å²) in [5.74, 6) is 0.622. The van der Waals surface area contributed by atoms with Crippen molar-refractivity contribution in [1.29, 1.82) is 0 Å². The van der Waals surface area contributed by atoms with E-state index in [-0.39, 0.29) is 0 Å². The summed E-state index contributed by atoms with van der Waals surface area (Å²) in [5.41, 5.74) is 1.91. The zero-order valence-electron chi connectivity index (χ0n) is 11.1. The first kappa shape index (κ1) is 13.3. The van der Waals surface area contributed by atoms with Crippen molar-refractivity contribution in [2.75, 3.05) is 30.9 Å². The van der Waals surface area contributed by atoms with E-state index >= 15 is 0 Å². The van der Waals surface area contributed by atoms with Gasteiger partial charge in [0.2, 0.25) is 0 Å². The number of nitrogens with one attached hydrogen (secondary N) is 1. The van der Waals surface area contributed by atoms with E-state index < -0.39 is 0 Å². The molecule has 0 aromatic carbocycles. The minimum absolute atomic E-state index is 0.622. The van der Waals surface area contributed by atoms with Gasteiger partial charge in [0.1, 0.15) is 11.4 Å². The molecule has 0 radical (unpaired) electrons. The first-order valence-corrected chi connectivity index (χ1v) is 7.65. The van der Waals surface area contributed by atoms with E-state index in [9.17, 15) is 0 Å². The van der Waals surface area contributed by atoms with Gasteiger partial charge in [-0.2, -0.15) is 0 Å². The lowest BCUT2D eigenvalue weighted by Gasteiger charge is -2.05. The predicted octanol–water partition coefficient (Wildman–Crippen LogP) is 3.40. The van der Waals surface area contributed by atoms with Crippen LogP contribution in [0.1, 0.15) is 13.8 Å². The Hall–Kier alpha value is -1.14. The molecule has 2 aromatic heterocycles. The maximum absolute atomic E-state index is 4.56. The van der Waals surface area contributed by atoms with E-state index in [0.717, 1.165) is 28.2 Å². The van der Waals surface area contributed by atoms with Gasteiger partial charge in [-0.15, -0.1) is 22.7 Å². The van der Waals surface area contributed by atoms with Crippen LogP contribution in [0.25, 0.3) is 11.4 Å². The molecule has 0 bridgehead atoms. The van der Waals surface area contributed by atoms with Crippen LogP contribution < -0.4 is 10.2 Å². The van der Waals surface area contributed by atoms with Crippen LogP contribution in [-0.2, 0) is 0 Å². The molecule has 2 rings (SSSR count). The number of hydrogen-bond acceptors (Lipinski definition) is 6. The number of anilines is 2. The van der Waals surface area contributed by atoms with E-state index in [0.29, 0.717) is 5.92 Å². The van der Waals surface area contributed by atoms with Crippen molar-refractivity contribution in [3.63, 3.8) is 0 Å². The lowest BCUT2D eigenvalue weighted by atomic mass is 10.2. The Kier molecular flexibility index (Phi) is 4.19. The van der Waals surface area contributed by atoms with Crippen LogP contribution in [0.5, 0.6) is 0 Å². The summed E-state index contributed by atoms with van der Waals surface area (Å²) in [6.45, 7) is 5.32. The predicted molar refractivity (Wildman–Crippen MR) is 80.9 cm³/mol. The van der Waals surface area contributed by atoms with Gasteiger partial charge in [-0.1, -0.05) is 13.8 Å². The SMILES string of the molecule is CC(C)CNc1nc(-c2csc(N(C)C)n2)cs1. The molecule has 0 atom stereocenters. The van der Waals surface area contributed by atoms with Gasteiger partial charge in [-0.25, -0.2) is 9.97 Å². The zero-order chi connectivity index (χ0) is 13.1. The maximum atomic E-state index is 4.56. The lowest BCUT2D eigenvalue weighted by Crippen LogP contribution is -2.08. The highest BCUT2D eigenvalue weighted by molar-refractivity contribution is 7.14. The second-order valence-corrected chi connectivity index (χ2v) is 6.42. The minimum atomic E-state index is 0.622. The van der Waals surface area contributed by atoms with Crippen molar-refractivity contribution in [3.05, 3.63) is 10.8 Å². The largest absolute Gasteiger partial charge is 0.361 e. The fraction of sp³-hybridized carbons (Fsp3) is 0.500. The Balaban J connectivity index is 2.08. The Labute approximate surface area is 116 Å². The fourth-order valence-corrected chi connectivity index (χ4v) is 2.82. The Morgan fingerprint density at radius 1 is 1.17 bits per heavy atom. The molecule has 1 N–H and O–H groups in total. The van der Waals surface area contributed by atoms with Gasteiger partial charge in [-0.3, -0.25) is 0 Å². The van der Waals surface area contributed by atoms with E-state index in [1.54, 1.807) is 22.7 Å². The minimum Gasteiger partial charge on any atom is -0.361 e. The van der Waals surface area contributed by atoms with Crippen molar-refractivity contribution < 1.29 is 0 Å². The van der Waals surface area contributed by atoms with Crippen molar-refractivity contribution in [2.45, 2.75) is 13.8 Å². The summed E-state index contributed by atoms with van der Waals surface area (Å²) < 4.78 is 0. The van der Waals surface area contributed by atoms with Gasteiger partial charge < -0.3 is 10.2 Å². The van der Waals surface area contributed by atoms with Gasteiger partial charge in [0.25, 0.3) is 0 Å². The molecule has 0 fully saturated rings. The van der Waals surface area contributed by atoms with Crippen LogP contribution >= 0.6 is 22.7 Å². The molecular formula is C12H18N4S2. The van der Waals surface area contributed by atoms with Crippen LogP contribution in [0.3, 0.4) is 0 Å². The number of rotatable bonds is 5. The maximum Gasteiger partial charge on any atom is 0.185 e. The van der Waals surface area contributed by atoms with E-state index in [2.05, 4.69) is 39.9 Å². The number of aromatic nitrogens is 2. The molecule has 18 heavy (non-hydrogen) atoms. The molecule has 0 saturated carbocycles. The average Bonchev–Trinajstić information content (AvgIpc) is 2.95. The monoisotopic (exact) mass is 282 g/mol. The van der Waals surface area contributed by atoms with Gasteiger partial charge in [0.05, 0.1) is 0 Å². The zero-order valence-corrected chi connectivity index (χ0v) is 12.7. The van der Waals surface area contributed by atoms with Gasteiger partial charge in [0, 0.05) is 31.4 Å². The molecule has 0 amide bonds. The molecular weight excluding hydrogens is 264 g/mol. The van der Waals surface area contributed by atoms with E-state index in [1.807, 2.05) is 19.0 Å². The second kappa shape index (κ2) is 5.67. The molecule has 4 nitrogen and oxygen atoms in total. The highest BCUT2D eigenvalue weighted by Crippen LogP contribution is 2.28. The van der Waals surface area contributed by atoms with Crippen LogP contribution in [0.2, 0.25) is 0 Å². The third-order valence-electron chi connectivity index (χ3n) is 2.30. The van der Waals surface area contributed by atoms with Crippen LogP contribution in [0.15, 0.2) is 10.8 Å². The molecule has 2 heterocycles. The highest BCUT2D eigenvalue weighted by atomic mass is 32.1. The van der Waals surface area contributed by atoms with E-state index in [4.69, 9.17) is 0 Å². The Bertz CT molecular complexity index is 502. The van der Waals surface area contributed by atoms with Gasteiger partial charge >= 0.3 is 0 Å². The number of thiazole rings is 2. The first-order chi connectivity index (χ1) is 8.56. The summed E-state index contributed by atoms with van der Waals surface area (Å²) in [5, 5.41) is 9.42. The molecule has 0 unspecified atom stereocenters. The molecule has 0 aliphatic rings. The van der Waals surface area contributed by atoms with Gasteiger partial charge in [0.15, 0.2) is 10.3 Å². The summed E-state index contributed by atoms with van der Waals surface area (Å²) in [4.78, 5) is 11.1. The molecule has 0 spiro atoms. The molecule has 6 heteroatoms. The average molecular weight is 282 g/mol. The first-order valence-electron chi connectivity index (χ1n) is 5.89. The van der Waals surface area contributed by atoms with Crippen molar-refractivity contribution in [3.8, 4) is 11.4 Å². The number of nitrogens with zero attached hydrogens (tertiary/aromatic N) is 3. The van der Waals surface area contributed by atoms with E-state index in [1.165, 1.54) is 0 Å². The summed E-state index contributed by atoms with van der Waals surface area (Å²) in [6, 6.07) is 0. The normalized spacial score (nSPS) is 10.9. The van der Waals surface area contributed by atoms with Crippen LogP contribution in [0, 0.1) is 5.92 Å². The standard InChI is InChI=1S/C12H18N4S2/c1-8(2)5-13-11-14-9(6-17-11)10-7-18-12(15-10)16(3)4/h6-8H,5H2,1-4H3,(H,13,14). The fourth-order valence-electron chi connectivity index (χ4n) is 1.35.